The van der Waals surface area contributed by atoms with Gasteiger partial charge in [0.2, 0.25) is 0 Å². The summed E-state index contributed by atoms with van der Waals surface area (Å²) in [5.74, 6) is -3.45. The van der Waals surface area contributed by atoms with Gasteiger partial charge < -0.3 is 5.11 Å². The summed E-state index contributed by atoms with van der Waals surface area (Å²) in [6.07, 6.45) is 0. The lowest BCUT2D eigenvalue weighted by atomic mass is 10.2. The molecule has 0 spiro atoms. The number of carbonyl (C=O) groups is 1. The second kappa shape index (κ2) is 6.44. The Bertz CT molecular complexity index is 734. The first-order valence-corrected chi connectivity index (χ1v) is 7.85. The van der Waals surface area contributed by atoms with Crippen LogP contribution in [0.4, 0.5) is 8.78 Å². The predicted molar refractivity (Wildman–Crippen MR) is 77.6 cm³/mol. The number of hydrogen-bond donors (Lipinski definition) is 1. The van der Waals surface area contributed by atoms with Crippen LogP contribution in [0, 0.1) is 11.6 Å². The second-order valence-corrected chi connectivity index (χ2v) is 6.46. The zero-order valence-corrected chi connectivity index (χ0v) is 12.9. The van der Waals surface area contributed by atoms with E-state index in [9.17, 15) is 17.8 Å². The van der Waals surface area contributed by atoms with Crippen molar-refractivity contribution in [1.29, 1.82) is 0 Å². The van der Waals surface area contributed by atoms with Crippen molar-refractivity contribution in [2.24, 2.45) is 0 Å². The van der Waals surface area contributed by atoms with Crippen molar-refractivity contribution in [3.63, 3.8) is 0 Å². The molecule has 0 amide bonds. The van der Waals surface area contributed by atoms with Crippen LogP contribution in [-0.2, 0) is 16.6 Å². The zero-order valence-electron chi connectivity index (χ0n) is 10.5. The van der Waals surface area contributed by atoms with Gasteiger partial charge in [-0.15, -0.1) is 0 Å². The molecule has 110 valence electrons. The summed E-state index contributed by atoms with van der Waals surface area (Å²) in [4.78, 5) is 11.3. The molecule has 0 aliphatic carbocycles. The Balaban J connectivity index is 2.31. The quantitative estimate of drug-likeness (QED) is 0.886. The molecule has 0 aromatic heterocycles. The maximum atomic E-state index is 13.5. The van der Waals surface area contributed by atoms with Gasteiger partial charge in [-0.3, -0.25) is 4.21 Å². The van der Waals surface area contributed by atoms with E-state index in [0.717, 1.165) is 6.07 Å². The molecule has 21 heavy (non-hydrogen) atoms. The van der Waals surface area contributed by atoms with Crippen LogP contribution >= 0.6 is 15.9 Å². The number of halogens is 3. The van der Waals surface area contributed by atoms with Crippen molar-refractivity contribution in [1.82, 2.24) is 0 Å². The smallest absolute Gasteiger partial charge is 0.336 e. The number of carboxylic acids is 1. The molecular formula is C14H9BrF2O3S. The fraction of sp³-hybridized carbons (Fsp3) is 0.0714. The van der Waals surface area contributed by atoms with Gasteiger partial charge in [-0.25, -0.2) is 13.6 Å². The van der Waals surface area contributed by atoms with Crippen LogP contribution in [0.3, 0.4) is 0 Å². The summed E-state index contributed by atoms with van der Waals surface area (Å²) >= 11 is 3.08. The maximum Gasteiger partial charge on any atom is 0.336 e. The Morgan fingerprint density at radius 1 is 1.24 bits per heavy atom. The molecule has 1 unspecified atom stereocenters. The molecule has 0 saturated carbocycles. The van der Waals surface area contributed by atoms with Crippen LogP contribution in [0.2, 0.25) is 0 Å². The highest BCUT2D eigenvalue weighted by molar-refractivity contribution is 9.10. The van der Waals surface area contributed by atoms with Crippen LogP contribution in [-0.4, -0.2) is 15.3 Å². The van der Waals surface area contributed by atoms with Gasteiger partial charge in [0.05, 0.1) is 22.1 Å². The molecule has 7 heteroatoms. The van der Waals surface area contributed by atoms with Gasteiger partial charge in [0.25, 0.3) is 0 Å². The summed E-state index contributed by atoms with van der Waals surface area (Å²) in [7, 11) is -1.68. The standard InChI is InChI=1S/C14H9BrF2O3S/c15-11-5-4-9(6-10(11)14(18)19)21(20)7-8-2-1-3-12(16)13(8)17/h1-6H,7H2,(H,18,19). The minimum absolute atomic E-state index is 0.0203. The van der Waals surface area contributed by atoms with E-state index in [4.69, 9.17) is 5.11 Å². The highest BCUT2D eigenvalue weighted by Crippen LogP contribution is 2.22. The van der Waals surface area contributed by atoms with E-state index in [-0.39, 0.29) is 21.8 Å². The van der Waals surface area contributed by atoms with Gasteiger partial charge >= 0.3 is 5.97 Å². The summed E-state index contributed by atoms with van der Waals surface area (Å²) in [6.45, 7) is 0. The van der Waals surface area contributed by atoms with Crippen molar-refractivity contribution < 1.29 is 22.9 Å². The molecule has 0 aliphatic heterocycles. The molecular weight excluding hydrogens is 366 g/mol. The third-order valence-electron chi connectivity index (χ3n) is 2.75. The monoisotopic (exact) mass is 374 g/mol. The fourth-order valence-corrected chi connectivity index (χ4v) is 3.25. The Kier molecular flexibility index (Phi) is 4.84. The zero-order chi connectivity index (χ0) is 15.6. The molecule has 2 aromatic rings. The molecule has 1 N–H and O–H groups in total. The molecule has 1 atom stereocenters. The van der Waals surface area contributed by atoms with E-state index < -0.39 is 28.4 Å². The third kappa shape index (κ3) is 3.54. The highest BCUT2D eigenvalue weighted by atomic mass is 79.9. The number of rotatable bonds is 4. The topological polar surface area (TPSA) is 54.4 Å². The van der Waals surface area contributed by atoms with Crippen molar-refractivity contribution >= 4 is 32.7 Å². The van der Waals surface area contributed by atoms with Crippen molar-refractivity contribution in [2.75, 3.05) is 0 Å². The van der Waals surface area contributed by atoms with Gasteiger partial charge in [0, 0.05) is 14.9 Å². The van der Waals surface area contributed by atoms with Crippen molar-refractivity contribution in [3.05, 3.63) is 63.6 Å². The highest BCUT2D eigenvalue weighted by Gasteiger charge is 2.15. The van der Waals surface area contributed by atoms with Crippen LogP contribution in [0.25, 0.3) is 0 Å². The number of benzene rings is 2. The Hall–Kier alpha value is -1.60. The molecule has 0 heterocycles. The lowest BCUT2D eigenvalue weighted by molar-refractivity contribution is 0.0695. The minimum Gasteiger partial charge on any atom is -0.478 e. The molecule has 0 fully saturated rings. The third-order valence-corrected chi connectivity index (χ3v) is 4.79. The van der Waals surface area contributed by atoms with Crippen molar-refractivity contribution in [3.8, 4) is 0 Å². The van der Waals surface area contributed by atoms with Gasteiger partial charge in [-0.1, -0.05) is 12.1 Å². The number of hydrogen-bond acceptors (Lipinski definition) is 2. The number of aromatic carboxylic acids is 1. The SMILES string of the molecule is O=C(O)c1cc(S(=O)Cc2cccc(F)c2F)ccc1Br. The van der Waals surface area contributed by atoms with Crippen LogP contribution in [0.15, 0.2) is 45.8 Å². The van der Waals surface area contributed by atoms with E-state index >= 15 is 0 Å². The summed E-state index contributed by atoms with van der Waals surface area (Å²) in [5, 5.41) is 9.00. The largest absolute Gasteiger partial charge is 0.478 e. The molecule has 0 bridgehead atoms. The molecule has 0 radical (unpaired) electrons. The van der Waals surface area contributed by atoms with E-state index in [0.29, 0.717) is 4.47 Å². The summed E-state index contributed by atoms with van der Waals surface area (Å²) in [6, 6.07) is 7.83. The van der Waals surface area contributed by atoms with Gasteiger partial charge in [-0.05, 0) is 40.2 Å². The Morgan fingerprint density at radius 2 is 1.95 bits per heavy atom. The van der Waals surface area contributed by atoms with Crippen molar-refractivity contribution in [2.45, 2.75) is 10.6 Å². The average Bonchev–Trinajstić information content (AvgIpc) is 2.44. The second-order valence-electron chi connectivity index (χ2n) is 4.15. The molecule has 3 nitrogen and oxygen atoms in total. The molecule has 0 saturated heterocycles. The Labute approximate surface area is 130 Å². The lowest BCUT2D eigenvalue weighted by Crippen LogP contribution is -2.03. The molecule has 0 aliphatic rings. The van der Waals surface area contributed by atoms with Gasteiger partial charge in [0.15, 0.2) is 11.6 Å². The van der Waals surface area contributed by atoms with Crippen LogP contribution in [0.1, 0.15) is 15.9 Å². The molecule has 2 aromatic carbocycles. The maximum absolute atomic E-state index is 13.5. The predicted octanol–water partition coefficient (Wildman–Crippen LogP) is 3.73. The minimum atomic E-state index is -1.68. The van der Waals surface area contributed by atoms with Crippen LogP contribution < -0.4 is 0 Å². The average molecular weight is 375 g/mol. The Morgan fingerprint density at radius 3 is 2.62 bits per heavy atom. The van der Waals surface area contributed by atoms with E-state index in [1.807, 2.05) is 0 Å². The normalized spacial score (nSPS) is 12.1. The fourth-order valence-electron chi connectivity index (χ4n) is 1.69. The van der Waals surface area contributed by atoms with Crippen LogP contribution in [0.5, 0.6) is 0 Å². The summed E-state index contributed by atoms with van der Waals surface area (Å²) in [5.41, 5.74) is -0.0614. The first-order chi connectivity index (χ1) is 9.90. The van der Waals surface area contributed by atoms with Gasteiger partial charge in [-0.2, -0.15) is 0 Å². The summed E-state index contributed by atoms with van der Waals surface area (Å²) < 4.78 is 39.2. The lowest BCUT2D eigenvalue weighted by Gasteiger charge is -2.06. The van der Waals surface area contributed by atoms with E-state index in [2.05, 4.69) is 15.9 Å². The molecule has 2 rings (SSSR count). The van der Waals surface area contributed by atoms with E-state index in [1.54, 1.807) is 0 Å². The first-order valence-electron chi connectivity index (χ1n) is 5.74. The van der Waals surface area contributed by atoms with Gasteiger partial charge in [0.1, 0.15) is 0 Å². The number of carboxylic acid groups (broad SMARTS) is 1. The first kappa shape index (κ1) is 15.8. The van der Waals surface area contributed by atoms with E-state index in [1.165, 1.54) is 30.3 Å².